The molecule has 0 radical (unpaired) electrons. The van der Waals surface area contributed by atoms with E-state index in [2.05, 4.69) is 0 Å². The monoisotopic (exact) mass is 212 g/mol. The predicted molar refractivity (Wildman–Crippen MR) is 54.7 cm³/mol. The van der Waals surface area contributed by atoms with E-state index in [0.29, 0.717) is 5.56 Å². The van der Waals surface area contributed by atoms with Crippen LogP contribution in [0.15, 0.2) is 16.8 Å². The fraction of sp³-hybridized carbons (Fsp3) is 0.400. The van der Waals surface area contributed by atoms with Crippen LogP contribution >= 0.6 is 11.3 Å². The number of Topliss-reactive ketones (excluding diaryl/α,β-unsaturated/α-hetero) is 2. The molecule has 0 saturated carbocycles. The molecule has 1 unspecified atom stereocenters. The summed E-state index contributed by atoms with van der Waals surface area (Å²) in [6.07, 6.45) is -0.580. The number of thiophene rings is 1. The molecule has 4 heteroatoms. The van der Waals surface area contributed by atoms with E-state index in [4.69, 9.17) is 4.74 Å². The summed E-state index contributed by atoms with van der Waals surface area (Å²) in [5.41, 5.74) is 0.603. The summed E-state index contributed by atoms with van der Waals surface area (Å²) >= 11 is 1.45. The number of methoxy groups -OCH3 is 1. The molecule has 0 aliphatic heterocycles. The van der Waals surface area contributed by atoms with E-state index in [1.807, 2.05) is 5.38 Å². The quantitative estimate of drug-likeness (QED) is 0.553. The largest absolute Gasteiger partial charge is 0.374 e. The second-order valence-corrected chi connectivity index (χ2v) is 3.74. The number of ketones is 2. The van der Waals surface area contributed by atoms with Crippen molar-refractivity contribution in [2.75, 3.05) is 7.11 Å². The Kier molecular flexibility index (Phi) is 3.98. The van der Waals surface area contributed by atoms with Gasteiger partial charge >= 0.3 is 0 Å². The number of carbonyl (C=O) groups excluding carboxylic acids is 2. The van der Waals surface area contributed by atoms with Crippen LogP contribution in [0.1, 0.15) is 23.7 Å². The van der Waals surface area contributed by atoms with Crippen molar-refractivity contribution in [1.82, 2.24) is 0 Å². The number of carbonyl (C=O) groups is 2. The molecule has 0 fully saturated rings. The van der Waals surface area contributed by atoms with Gasteiger partial charge in [-0.05, 0) is 18.4 Å². The van der Waals surface area contributed by atoms with Crippen LogP contribution in [-0.2, 0) is 9.53 Å². The fourth-order valence-corrected chi connectivity index (χ4v) is 1.62. The maximum absolute atomic E-state index is 11.5. The maximum atomic E-state index is 11.5. The molecule has 1 aromatic rings. The van der Waals surface area contributed by atoms with Crippen molar-refractivity contribution in [3.63, 3.8) is 0 Å². The predicted octanol–water partition coefficient (Wildman–Crippen LogP) is 1.92. The molecule has 0 aliphatic carbocycles. The molecule has 0 saturated heterocycles. The number of ether oxygens (including phenoxy) is 1. The van der Waals surface area contributed by atoms with Gasteiger partial charge in [0.05, 0.1) is 6.42 Å². The zero-order chi connectivity index (χ0) is 10.6. The van der Waals surface area contributed by atoms with Crippen molar-refractivity contribution in [3.8, 4) is 0 Å². The van der Waals surface area contributed by atoms with Gasteiger partial charge in [-0.2, -0.15) is 11.3 Å². The molecule has 14 heavy (non-hydrogen) atoms. The van der Waals surface area contributed by atoms with E-state index in [0.717, 1.165) is 0 Å². The molecule has 0 aromatic carbocycles. The second-order valence-electron chi connectivity index (χ2n) is 2.96. The minimum atomic E-state index is -0.502. The molecule has 1 rings (SSSR count). The van der Waals surface area contributed by atoms with E-state index in [1.54, 1.807) is 18.4 Å². The molecule has 0 bridgehead atoms. The fourth-order valence-electron chi connectivity index (χ4n) is 0.959. The first-order valence-electron chi connectivity index (χ1n) is 4.26. The van der Waals surface area contributed by atoms with Gasteiger partial charge in [0.2, 0.25) is 0 Å². The zero-order valence-electron chi connectivity index (χ0n) is 8.15. The van der Waals surface area contributed by atoms with Crippen LogP contribution in [0.2, 0.25) is 0 Å². The molecule has 1 heterocycles. The summed E-state index contributed by atoms with van der Waals surface area (Å²) < 4.78 is 4.83. The third-order valence-electron chi connectivity index (χ3n) is 1.98. The summed E-state index contributed by atoms with van der Waals surface area (Å²) in [7, 11) is 1.46. The third kappa shape index (κ3) is 2.75. The van der Waals surface area contributed by atoms with Crippen LogP contribution in [0.5, 0.6) is 0 Å². The lowest BCUT2D eigenvalue weighted by Gasteiger charge is -2.06. The van der Waals surface area contributed by atoms with Crippen molar-refractivity contribution >= 4 is 22.9 Å². The highest BCUT2D eigenvalue weighted by Crippen LogP contribution is 2.10. The number of hydrogen-bond donors (Lipinski definition) is 0. The van der Waals surface area contributed by atoms with Gasteiger partial charge in [-0.3, -0.25) is 9.59 Å². The second kappa shape index (κ2) is 5.02. The SMILES string of the molecule is COC(C)C(=O)CC(=O)c1ccsc1. The van der Waals surface area contributed by atoms with Crippen LogP contribution in [0, 0.1) is 0 Å². The van der Waals surface area contributed by atoms with Gasteiger partial charge in [0.15, 0.2) is 11.6 Å². The number of hydrogen-bond acceptors (Lipinski definition) is 4. The van der Waals surface area contributed by atoms with Gasteiger partial charge in [0, 0.05) is 18.1 Å². The summed E-state index contributed by atoms with van der Waals surface area (Å²) in [6, 6.07) is 1.72. The summed E-state index contributed by atoms with van der Waals surface area (Å²) in [5, 5.41) is 3.56. The first kappa shape index (κ1) is 11.1. The van der Waals surface area contributed by atoms with Crippen LogP contribution < -0.4 is 0 Å². The molecule has 1 atom stereocenters. The zero-order valence-corrected chi connectivity index (χ0v) is 8.97. The molecule has 3 nitrogen and oxygen atoms in total. The van der Waals surface area contributed by atoms with Gasteiger partial charge in [-0.15, -0.1) is 0 Å². The van der Waals surface area contributed by atoms with Gasteiger partial charge in [0.1, 0.15) is 6.10 Å². The van der Waals surface area contributed by atoms with E-state index in [9.17, 15) is 9.59 Å². The standard InChI is InChI=1S/C10H12O3S/c1-7(13-2)9(11)5-10(12)8-3-4-14-6-8/h3-4,6-7H,5H2,1-2H3. The van der Waals surface area contributed by atoms with Crippen LogP contribution in [0.4, 0.5) is 0 Å². The van der Waals surface area contributed by atoms with E-state index in [-0.39, 0.29) is 18.0 Å². The Morgan fingerprint density at radius 1 is 1.57 bits per heavy atom. The normalized spacial score (nSPS) is 12.4. The Morgan fingerprint density at radius 3 is 2.79 bits per heavy atom. The van der Waals surface area contributed by atoms with Crippen LogP contribution in [-0.4, -0.2) is 24.8 Å². The highest BCUT2D eigenvalue weighted by molar-refractivity contribution is 7.08. The third-order valence-corrected chi connectivity index (χ3v) is 2.67. The molecule has 1 aromatic heterocycles. The number of rotatable bonds is 5. The molecular weight excluding hydrogens is 200 g/mol. The lowest BCUT2D eigenvalue weighted by Crippen LogP contribution is -2.21. The highest BCUT2D eigenvalue weighted by Gasteiger charge is 2.17. The van der Waals surface area contributed by atoms with Gasteiger partial charge in [-0.1, -0.05) is 0 Å². The van der Waals surface area contributed by atoms with Crippen LogP contribution in [0.3, 0.4) is 0 Å². The first-order valence-corrected chi connectivity index (χ1v) is 5.20. The van der Waals surface area contributed by atoms with Crippen LogP contribution in [0.25, 0.3) is 0 Å². The van der Waals surface area contributed by atoms with Crippen molar-refractivity contribution < 1.29 is 14.3 Å². The van der Waals surface area contributed by atoms with Crippen molar-refractivity contribution in [1.29, 1.82) is 0 Å². The summed E-state index contributed by atoms with van der Waals surface area (Å²) in [6.45, 7) is 1.64. The van der Waals surface area contributed by atoms with Gasteiger partial charge < -0.3 is 4.74 Å². The smallest absolute Gasteiger partial charge is 0.171 e. The Morgan fingerprint density at radius 2 is 2.29 bits per heavy atom. The van der Waals surface area contributed by atoms with E-state index >= 15 is 0 Å². The minimum absolute atomic E-state index is 0.0776. The molecule has 0 spiro atoms. The Bertz CT molecular complexity index is 316. The van der Waals surface area contributed by atoms with Crippen molar-refractivity contribution in [2.45, 2.75) is 19.4 Å². The Labute approximate surface area is 86.7 Å². The Hall–Kier alpha value is -1.000. The summed E-state index contributed by atoms with van der Waals surface area (Å²) in [5.74, 6) is -0.316. The topological polar surface area (TPSA) is 43.4 Å². The van der Waals surface area contributed by atoms with Gasteiger partial charge in [0.25, 0.3) is 0 Å². The molecule has 0 aliphatic rings. The first-order chi connectivity index (χ1) is 6.65. The molecule has 0 amide bonds. The lowest BCUT2D eigenvalue weighted by atomic mass is 10.1. The average Bonchev–Trinajstić information content (AvgIpc) is 2.69. The average molecular weight is 212 g/mol. The van der Waals surface area contributed by atoms with Gasteiger partial charge in [-0.25, -0.2) is 0 Å². The van der Waals surface area contributed by atoms with Crippen molar-refractivity contribution in [2.24, 2.45) is 0 Å². The molecular formula is C10H12O3S. The Balaban J connectivity index is 2.54. The lowest BCUT2D eigenvalue weighted by molar-refractivity contribution is -0.126. The molecule has 0 N–H and O–H groups in total. The molecule has 76 valence electrons. The summed E-state index contributed by atoms with van der Waals surface area (Å²) in [4.78, 5) is 22.8. The highest BCUT2D eigenvalue weighted by atomic mass is 32.1. The van der Waals surface area contributed by atoms with E-state index < -0.39 is 6.10 Å². The maximum Gasteiger partial charge on any atom is 0.171 e. The van der Waals surface area contributed by atoms with Crippen molar-refractivity contribution in [3.05, 3.63) is 22.4 Å². The minimum Gasteiger partial charge on any atom is -0.374 e. The van der Waals surface area contributed by atoms with E-state index in [1.165, 1.54) is 18.4 Å².